The van der Waals surface area contributed by atoms with Gasteiger partial charge in [-0.1, -0.05) is 18.2 Å². The van der Waals surface area contributed by atoms with Gasteiger partial charge >= 0.3 is 18.1 Å². The number of nitrogens with zero attached hydrogens (tertiary/aromatic N) is 2. The molecule has 3 aromatic carbocycles. The topological polar surface area (TPSA) is 189 Å². The molecule has 5 rings (SSSR count). The Morgan fingerprint density at radius 1 is 1.06 bits per heavy atom. The number of aromatic nitrogens is 1. The van der Waals surface area contributed by atoms with Gasteiger partial charge in [0.2, 0.25) is 5.91 Å². The number of benzene rings is 3. The van der Waals surface area contributed by atoms with Crippen LogP contribution in [0.15, 0.2) is 77.8 Å². The molecule has 2 unspecified atom stereocenters. The number of alkyl halides is 3. The fourth-order valence-electron chi connectivity index (χ4n) is 5.82. The van der Waals surface area contributed by atoms with Crippen LogP contribution in [0.5, 0.6) is 5.75 Å². The van der Waals surface area contributed by atoms with Crippen molar-refractivity contribution in [1.82, 2.24) is 9.88 Å². The van der Waals surface area contributed by atoms with E-state index < -0.39 is 62.9 Å². The van der Waals surface area contributed by atoms with E-state index in [1.54, 1.807) is 69.4 Å². The smallest absolute Gasteiger partial charge is 0.490 e. The molecule has 3 atom stereocenters. The number of carbonyl (C=O) groups excluding carboxylic acids is 1. The molecule has 1 aliphatic heterocycles. The molecule has 5 N–H and O–H groups in total. The number of carboxylic acids is 2. The summed E-state index contributed by atoms with van der Waals surface area (Å²) < 4.78 is 79.7. The lowest BCUT2D eigenvalue weighted by Gasteiger charge is -2.33. The molecule has 17 heteroatoms. The summed E-state index contributed by atoms with van der Waals surface area (Å²) in [7, 11) is -3.85. The molecule has 12 nitrogen and oxygen atoms in total. The van der Waals surface area contributed by atoms with Crippen LogP contribution in [0.2, 0.25) is 0 Å². The number of sulfone groups is 1. The Labute approximate surface area is 296 Å². The molecule has 1 aromatic heterocycles. The molecule has 1 saturated heterocycles. The quantitative estimate of drug-likeness (QED) is 0.139. The lowest BCUT2D eigenvalue weighted by Crippen LogP contribution is -2.40. The van der Waals surface area contributed by atoms with Crippen LogP contribution < -0.4 is 15.8 Å². The third kappa shape index (κ3) is 8.53. The number of carbonyl (C=O) groups is 3. The average molecular weight is 749 g/mol. The van der Waals surface area contributed by atoms with Gasteiger partial charge in [0.25, 0.3) is 0 Å². The van der Waals surface area contributed by atoms with E-state index in [1.165, 1.54) is 29.2 Å². The fraction of sp³-hybridized carbons (Fsp3) is 0.314. The highest BCUT2D eigenvalue weighted by molar-refractivity contribution is 7.92. The first-order chi connectivity index (χ1) is 24.4. The zero-order valence-corrected chi connectivity index (χ0v) is 28.9. The van der Waals surface area contributed by atoms with Gasteiger partial charge < -0.3 is 30.9 Å². The minimum Gasteiger partial charge on any atom is -0.494 e. The number of nitrogen functional groups attached to an aromatic ring is 1. The number of anilines is 2. The number of hydrogen-bond donors (Lipinski definition) is 4. The number of carboxylic acid groups (broad SMARTS) is 2. The first-order valence-corrected chi connectivity index (χ1v) is 17.4. The average Bonchev–Trinajstić information content (AvgIpc) is 3.53. The van der Waals surface area contributed by atoms with Crippen molar-refractivity contribution in [3.8, 4) is 5.75 Å². The Morgan fingerprint density at radius 3 is 2.35 bits per heavy atom. The zero-order chi connectivity index (χ0) is 38.5. The summed E-state index contributed by atoms with van der Waals surface area (Å²) in [6, 6.07) is 14.8. The Bertz CT molecular complexity index is 2080. The molecular weight excluding hydrogens is 712 g/mol. The van der Waals surface area contributed by atoms with Crippen molar-refractivity contribution in [2.24, 2.45) is 5.92 Å². The maximum Gasteiger partial charge on any atom is 0.490 e. The van der Waals surface area contributed by atoms with Gasteiger partial charge in [0.15, 0.2) is 9.84 Å². The lowest BCUT2D eigenvalue weighted by atomic mass is 9.93. The second-order valence-corrected chi connectivity index (χ2v) is 14.4. The Balaban J connectivity index is 0.000000785. The fourth-order valence-corrected chi connectivity index (χ4v) is 7.11. The maximum absolute atomic E-state index is 15.6. The maximum atomic E-state index is 15.6. The van der Waals surface area contributed by atoms with Gasteiger partial charge in [0.05, 0.1) is 28.7 Å². The van der Waals surface area contributed by atoms with Crippen LogP contribution in [0.4, 0.5) is 29.1 Å². The number of amides is 1. The number of fused-ring (bicyclic) bond motifs is 1. The van der Waals surface area contributed by atoms with Crippen LogP contribution in [-0.2, 0) is 24.2 Å². The molecule has 0 saturated carbocycles. The third-order valence-electron chi connectivity index (χ3n) is 8.35. The normalized spacial score (nSPS) is 16.6. The summed E-state index contributed by atoms with van der Waals surface area (Å²) in [6.07, 6.45) is -3.45. The van der Waals surface area contributed by atoms with Crippen LogP contribution >= 0.6 is 0 Å². The van der Waals surface area contributed by atoms with Crippen molar-refractivity contribution in [1.29, 1.82) is 0 Å². The van der Waals surface area contributed by atoms with Gasteiger partial charge in [-0.25, -0.2) is 22.6 Å². The summed E-state index contributed by atoms with van der Waals surface area (Å²) in [6.45, 7) is 5.19. The molecule has 0 aliphatic carbocycles. The highest BCUT2D eigenvalue weighted by Gasteiger charge is 2.46. The van der Waals surface area contributed by atoms with Crippen molar-refractivity contribution in [2.45, 2.75) is 55.6 Å². The second kappa shape index (κ2) is 15.8. The minimum atomic E-state index is -5.08. The molecule has 1 amide bonds. The second-order valence-electron chi connectivity index (χ2n) is 12.0. The van der Waals surface area contributed by atoms with E-state index in [9.17, 15) is 36.3 Å². The van der Waals surface area contributed by atoms with E-state index in [1.807, 2.05) is 0 Å². The van der Waals surface area contributed by atoms with Crippen LogP contribution in [0.25, 0.3) is 10.8 Å². The third-order valence-corrected chi connectivity index (χ3v) is 10.6. The first kappa shape index (κ1) is 39.3. The van der Waals surface area contributed by atoms with Gasteiger partial charge in [0.1, 0.15) is 23.4 Å². The lowest BCUT2D eigenvalue weighted by molar-refractivity contribution is -0.192. The van der Waals surface area contributed by atoms with Crippen LogP contribution in [0.1, 0.15) is 50.4 Å². The van der Waals surface area contributed by atoms with E-state index in [0.717, 1.165) is 5.39 Å². The number of nitrogens with one attached hydrogen (secondary N) is 1. The number of ether oxygens (including phenoxy) is 1. The highest BCUT2D eigenvalue weighted by atomic mass is 32.2. The molecule has 0 radical (unpaired) electrons. The Hall–Kier alpha value is -5.45. The number of rotatable bonds is 10. The largest absolute Gasteiger partial charge is 0.494 e. The predicted molar refractivity (Wildman–Crippen MR) is 183 cm³/mol. The standard InChI is InChI=1S/C33H35FN4O6S.C2HF3O2/c1-4-44-22-10-12-27(34)26(18-22)29(37-21-9-11-23-20(17-21)13-15-36-31(23)35)32(39)38-16-14-25(33(40)41)30(38)24-7-5-6-8-28(24)45(42,43)19(2)3;3-2(4,5)1(6)7/h5-13,15,17-19,25,29-30,37H,4,14,16H2,1-3H3,(H2,35,36)(H,40,41);(H,6,7)/t25?,29-,30?;/m1./s1. The summed E-state index contributed by atoms with van der Waals surface area (Å²) in [5, 5.41) is 21.1. The minimum absolute atomic E-state index is 0.0131. The molecular formula is C35H36F4N4O8S. The SMILES string of the molecule is CCOc1ccc(F)c([C@@H](Nc2ccc3c(N)nccc3c2)C(=O)N2CCC(C(=O)O)C2c2ccccc2S(=O)(=O)C(C)C)c1.O=C(O)C(F)(F)F. The molecule has 0 bridgehead atoms. The van der Waals surface area contributed by atoms with E-state index in [2.05, 4.69) is 10.3 Å². The first-order valence-electron chi connectivity index (χ1n) is 15.9. The van der Waals surface area contributed by atoms with Gasteiger partial charge in [-0.15, -0.1) is 0 Å². The number of aliphatic carboxylic acids is 2. The van der Waals surface area contributed by atoms with Crippen LogP contribution in [-0.4, -0.2) is 70.9 Å². The monoisotopic (exact) mass is 748 g/mol. The number of nitrogens with two attached hydrogens (primary N) is 1. The van der Waals surface area contributed by atoms with Crippen LogP contribution in [0, 0.1) is 11.7 Å². The number of hydrogen-bond acceptors (Lipinski definition) is 9. The van der Waals surface area contributed by atoms with Gasteiger partial charge in [-0.05, 0) is 86.7 Å². The van der Waals surface area contributed by atoms with E-state index in [-0.39, 0.29) is 29.0 Å². The van der Waals surface area contributed by atoms with Crippen molar-refractivity contribution >= 4 is 50.0 Å². The predicted octanol–water partition coefficient (Wildman–Crippen LogP) is 6.00. The Kier molecular flexibility index (Phi) is 12.0. The van der Waals surface area contributed by atoms with E-state index >= 15 is 4.39 Å². The molecule has 1 fully saturated rings. The highest BCUT2D eigenvalue weighted by Crippen LogP contribution is 2.43. The van der Waals surface area contributed by atoms with E-state index in [4.69, 9.17) is 20.4 Å². The van der Waals surface area contributed by atoms with Crippen molar-refractivity contribution in [3.05, 3.63) is 89.9 Å². The van der Waals surface area contributed by atoms with Crippen molar-refractivity contribution in [3.63, 3.8) is 0 Å². The number of pyridine rings is 1. The van der Waals surface area contributed by atoms with Gasteiger partial charge in [0, 0.05) is 29.4 Å². The summed E-state index contributed by atoms with van der Waals surface area (Å²) in [5.41, 5.74) is 6.69. The van der Waals surface area contributed by atoms with Crippen LogP contribution in [0.3, 0.4) is 0 Å². The van der Waals surface area contributed by atoms with Gasteiger partial charge in [-0.2, -0.15) is 13.2 Å². The molecule has 278 valence electrons. The van der Waals surface area contributed by atoms with Crippen molar-refractivity contribution < 1.29 is 55.3 Å². The van der Waals surface area contributed by atoms with Gasteiger partial charge in [-0.3, -0.25) is 9.59 Å². The number of likely N-dealkylation sites (tertiary alicyclic amines) is 1. The molecule has 4 aromatic rings. The molecule has 0 spiro atoms. The molecule has 2 heterocycles. The molecule has 1 aliphatic rings. The summed E-state index contributed by atoms with van der Waals surface area (Å²) in [4.78, 5) is 41.4. The summed E-state index contributed by atoms with van der Waals surface area (Å²) in [5.74, 6) is -5.63. The molecule has 52 heavy (non-hydrogen) atoms. The Morgan fingerprint density at radius 2 is 1.73 bits per heavy atom. The zero-order valence-electron chi connectivity index (χ0n) is 28.1. The van der Waals surface area contributed by atoms with Crippen molar-refractivity contribution in [2.75, 3.05) is 24.2 Å². The number of halogens is 4. The van der Waals surface area contributed by atoms with E-state index in [0.29, 0.717) is 29.2 Å². The summed E-state index contributed by atoms with van der Waals surface area (Å²) >= 11 is 0.